The van der Waals surface area contributed by atoms with Crippen LogP contribution in [-0.2, 0) is 22.6 Å². The van der Waals surface area contributed by atoms with Crippen LogP contribution in [0.1, 0.15) is 36.6 Å². The van der Waals surface area contributed by atoms with E-state index < -0.39 is 32.7 Å². The Labute approximate surface area is 173 Å². The molecule has 2 aromatic carbocycles. The summed E-state index contributed by atoms with van der Waals surface area (Å²) in [6.45, 7) is 3.61. The summed E-state index contributed by atoms with van der Waals surface area (Å²) < 4.78 is 67.6. The summed E-state index contributed by atoms with van der Waals surface area (Å²) in [6, 6.07) is 12.6. The van der Waals surface area contributed by atoms with Gasteiger partial charge < -0.3 is 0 Å². The highest BCUT2D eigenvalue weighted by molar-refractivity contribution is 7.89. The highest BCUT2D eigenvalue weighted by Crippen LogP contribution is 2.34. The standard InChI is InChI=1S/C22H21F3N2O2S/c1-3-16-14-26-12-11-19(16)18-8-6-7-17(13-18)15(2)27-30(28,29)21-10-5-4-9-20(21)22(23,24)25/h4-15,27H,3H2,1-2H3/t15-/m1/s1. The summed E-state index contributed by atoms with van der Waals surface area (Å²) in [5.74, 6) is 0. The molecular weight excluding hydrogens is 413 g/mol. The number of rotatable bonds is 6. The number of hydrogen-bond acceptors (Lipinski definition) is 3. The number of aromatic nitrogens is 1. The lowest BCUT2D eigenvalue weighted by molar-refractivity contribution is -0.139. The molecule has 0 spiro atoms. The van der Waals surface area contributed by atoms with Gasteiger partial charge in [0, 0.05) is 18.4 Å². The average Bonchev–Trinajstić information content (AvgIpc) is 2.73. The fourth-order valence-electron chi connectivity index (χ4n) is 3.27. The lowest BCUT2D eigenvalue weighted by Gasteiger charge is -2.18. The maximum atomic E-state index is 13.3. The Balaban J connectivity index is 1.93. The molecule has 0 fully saturated rings. The minimum atomic E-state index is -4.77. The molecule has 0 aliphatic carbocycles. The van der Waals surface area contributed by atoms with E-state index in [0.717, 1.165) is 41.3 Å². The zero-order chi connectivity index (χ0) is 21.9. The second-order valence-corrected chi connectivity index (χ2v) is 8.53. The highest BCUT2D eigenvalue weighted by Gasteiger charge is 2.37. The van der Waals surface area contributed by atoms with Crippen molar-refractivity contribution in [3.63, 3.8) is 0 Å². The van der Waals surface area contributed by atoms with Gasteiger partial charge in [0.2, 0.25) is 10.0 Å². The van der Waals surface area contributed by atoms with Crippen LogP contribution < -0.4 is 4.72 Å². The highest BCUT2D eigenvalue weighted by atomic mass is 32.2. The summed E-state index contributed by atoms with van der Waals surface area (Å²) in [6.07, 6.45) is -0.528. The first-order valence-corrected chi connectivity index (χ1v) is 10.8. The minimum Gasteiger partial charge on any atom is -0.264 e. The zero-order valence-corrected chi connectivity index (χ0v) is 17.3. The maximum absolute atomic E-state index is 13.3. The summed E-state index contributed by atoms with van der Waals surface area (Å²) >= 11 is 0. The SMILES string of the molecule is CCc1cnccc1-c1cccc([C@@H](C)NS(=O)(=O)c2ccccc2C(F)(F)F)c1. The van der Waals surface area contributed by atoms with Crippen LogP contribution in [0.3, 0.4) is 0 Å². The van der Waals surface area contributed by atoms with Crippen LogP contribution in [0.5, 0.6) is 0 Å². The van der Waals surface area contributed by atoms with Gasteiger partial charge in [0.25, 0.3) is 0 Å². The number of benzene rings is 2. The van der Waals surface area contributed by atoms with E-state index in [4.69, 9.17) is 0 Å². The first-order chi connectivity index (χ1) is 14.1. The third-order valence-corrected chi connectivity index (χ3v) is 6.39. The van der Waals surface area contributed by atoms with Gasteiger partial charge in [-0.15, -0.1) is 0 Å². The second-order valence-electron chi connectivity index (χ2n) is 6.85. The summed E-state index contributed by atoms with van der Waals surface area (Å²) in [7, 11) is -4.39. The Morgan fingerprint density at radius 1 is 1.07 bits per heavy atom. The molecule has 1 N–H and O–H groups in total. The maximum Gasteiger partial charge on any atom is 0.417 e. The van der Waals surface area contributed by atoms with Crippen molar-refractivity contribution in [2.24, 2.45) is 0 Å². The molecule has 0 bridgehead atoms. The van der Waals surface area contributed by atoms with Gasteiger partial charge in [0.1, 0.15) is 0 Å². The molecule has 3 rings (SSSR count). The summed E-state index contributed by atoms with van der Waals surface area (Å²) in [4.78, 5) is 3.34. The Hall–Kier alpha value is -2.71. The minimum absolute atomic E-state index is 0.638. The molecule has 158 valence electrons. The third kappa shape index (κ3) is 4.71. The van der Waals surface area contributed by atoms with E-state index in [1.54, 1.807) is 31.5 Å². The molecule has 1 atom stereocenters. The predicted molar refractivity (Wildman–Crippen MR) is 109 cm³/mol. The van der Waals surface area contributed by atoms with Crippen molar-refractivity contribution in [1.82, 2.24) is 9.71 Å². The molecule has 0 aliphatic heterocycles. The molecule has 3 aromatic rings. The number of halogens is 3. The Morgan fingerprint density at radius 3 is 2.50 bits per heavy atom. The summed E-state index contributed by atoms with van der Waals surface area (Å²) in [5, 5.41) is 0. The van der Waals surface area contributed by atoms with E-state index in [9.17, 15) is 21.6 Å². The smallest absolute Gasteiger partial charge is 0.264 e. The van der Waals surface area contributed by atoms with E-state index in [1.807, 2.05) is 25.1 Å². The first kappa shape index (κ1) is 22.0. The molecule has 1 heterocycles. The van der Waals surface area contributed by atoms with Crippen LogP contribution >= 0.6 is 0 Å². The van der Waals surface area contributed by atoms with Crippen LogP contribution in [0, 0.1) is 0 Å². The number of sulfonamides is 1. The lowest BCUT2D eigenvalue weighted by atomic mass is 9.97. The van der Waals surface area contributed by atoms with Crippen LogP contribution in [0.25, 0.3) is 11.1 Å². The molecule has 0 unspecified atom stereocenters. The molecular formula is C22H21F3N2O2S. The Morgan fingerprint density at radius 2 is 1.80 bits per heavy atom. The van der Waals surface area contributed by atoms with Crippen LogP contribution in [0.15, 0.2) is 71.9 Å². The predicted octanol–water partition coefficient (Wildman–Crippen LogP) is 5.37. The molecule has 1 aromatic heterocycles. The largest absolute Gasteiger partial charge is 0.417 e. The quantitative estimate of drug-likeness (QED) is 0.568. The zero-order valence-electron chi connectivity index (χ0n) is 16.4. The first-order valence-electron chi connectivity index (χ1n) is 9.35. The van der Waals surface area contributed by atoms with Crippen molar-refractivity contribution in [1.29, 1.82) is 0 Å². The van der Waals surface area contributed by atoms with Gasteiger partial charge in [-0.05, 0) is 59.9 Å². The molecule has 0 saturated carbocycles. The number of pyridine rings is 1. The number of nitrogens with zero attached hydrogens (tertiary/aromatic N) is 1. The van der Waals surface area contributed by atoms with Gasteiger partial charge >= 0.3 is 6.18 Å². The molecule has 0 radical (unpaired) electrons. The normalized spacial score (nSPS) is 13.2. The van der Waals surface area contributed by atoms with Crippen molar-refractivity contribution < 1.29 is 21.6 Å². The third-order valence-electron chi connectivity index (χ3n) is 4.80. The molecule has 0 amide bonds. The van der Waals surface area contributed by atoms with Crippen LogP contribution in [-0.4, -0.2) is 13.4 Å². The molecule has 30 heavy (non-hydrogen) atoms. The fraction of sp³-hybridized carbons (Fsp3) is 0.227. The van der Waals surface area contributed by atoms with Crippen molar-refractivity contribution in [2.75, 3.05) is 0 Å². The average molecular weight is 434 g/mol. The van der Waals surface area contributed by atoms with E-state index in [1.165, 1.54) is 6.07 Å². The van der Waals surface area contributed by atoms with E-state index in [0.29, 0.717) is 5.56 Å². The summed E-state index contributed by atoms with van der Waals surface area (Å²) in [5.41, 5.74) is 2.35. The van der Waals surface area contributed by atoms with Crippen molar-refractivity contribution in [3.05, 3.63) is 83.7 Å². The van der Waals surface area contributed by atoms with E-state index >= 15 is 0 Å². The fourth-order valence-corrected chi connectivity index (χ4v) is 4.72. The van der Waals surface area contributed by atoms with E-state index in [2.05, 4.69) is 9.71 Å². The Bertz CT molecular complexity index is 1140. The molecule has 0 aliphatic rings. The molecule has 0 saturated heterocycles. The second kappa shape index (κ2) is 8.57. The van der Waals surface area contributed by atoms with Crippen LogP contribution in [0.2, 0.25) is 0 Å². The monoisotopic (exact) mass is 434 g/mol. The number of nitrogens with one attached hydrogen (secondary N) is 1. The van der Waals surface area contributed by atoms with E-state index in [-0.39, 0.29) is 0 Å². The van der Waals surface area contributed by atoms with Gasteiger partial charge in [0.15, 0.2) is 0 Å². The molecule has 4 nitrogen and oxygen atoms in total. The number of aryl methyl sites for hydroxylation is 1. The number of hydrogen-bond donors (Lipinski definition) is 1. The van der Waals surface area contributed by atoms with Gasteiger partial charge in [-0.25, -0.2) is 13.1 Å². The van der Waals surface area contributed by atoms with Crippen molar-refractivity contribution >= 4 is 10.0 Å². The van der Waals surface area contributed by atoms with Crippen molar-refractivity contribution in [2.45, 2.75) is 37.4 Å². The van der Waals surface area contributed by atoms with Crippen molar-refractivity contribution in [3.8, 4) is 11.1 Å². The van der Waals surface area contributed by atoms with Gasteiger partial charge in [-0.2, -0.15) is 13.2 Å². The van der Waals surface area contributed by atoms with Gasteiger partial charge in [-0.3, -0.25) is 4.98 Å². The van der Waals surface area contributed by atoms with Crippen LogP contribution in [0.4, 0.5) is 13.2 Å². The molecule has 8 heteroatoms. The lowest BCUT2D eigenvalue weighted by Crippen LogP contribution is -2.29. The van der Waals surface area contributed by atoms with Gasteiger partial charge in [-0.1, -0.05) is 37.3 Å². The van der Waals surface area contributed by atoms with Gasteiger partial charge in [0.05, 0.1) is 10.5 Å². The topological polar surface area (TPSA) is 59.1 Å². The Kier molecular flexibility index (Phi) is 6.28. The number of alkyl halides is 3.